The fourth-order valence-corrected chi connectivity index (χ4v) is 4.35. The lowest BCUT2D eigenvalue weighted by Crippen LogP contribution is -2.50. The first-order valence-electron chi connectivity index (χ1n) is 9.35. The molecule has 0 aromatic heterocycles. The van der Waals surface area contributed by atoms with Gasteiger partial charge in [0, 0.05) is 38.3 Å². The van der Waals surface area contributed by atoms with E-state index in [9.17, 15) is 8.78 Å². The first kappa shape index (κ1) is 17.7. The molecule has 0 N–H and O–H groups in total. The lowest BCUT2D eigenvalue weighted by molar-refractivity contribution is 0.158. The van der Waals surface area contributed by atoms with Crippen LogP contribution in [0.4, 0.5) is 14.5 Å². The van der Waals surface area contributed by atoms with Gasteiger partial charge in [-0.1, -0.05) is 27.2 Å². The highest BCUT2D eigenvalue weighted by atomic mass is 19.1. The standard InChI is InChI=1S/C20H30F2N2/c1-4-20(2,3)15-5-7-17(13-15)23-9-11-24(12-10-23)19-8-6-16(21)14-18(19)22/h6,8,14-15,17H,4-5,7,9-13H2,1-3H3. The van der Waals surface area contributed by atoms with E-state index >= 15 is 0 Å². The van der Waals surface area contributed by atoms with Gasteiger partial charge < -0.3 is 4.90 Å². The van der Waals surface area contributed by atoms with Crippen LogP contribution in [0.1, 0.15) is 46.5 Å². The van der Waals surface area contributed by atoms with Crippen LogP contribution in [-0.2, 0) is 0 Å². The number of hydrogen-bond acceptors (Lipinski definition) is 2. The lowest BCUT2D eigenvalue weighted by Gasteiger charge is -2.40. The number of benzene rings is 1. The van der Waals surface area contributed by atoms with Crippen LogP contribution in [0.5, 0.6) is 0 Å². The predicted octanol–water partition coefficient (Wildman–Crippen LogP) is 4.69. The SMILES string of the molecule is CCC(C)(C)C1CCC(N2CCN(c3ccc(F)cc3F)CC2)C1. The summed E-state index contributed by atoms with van der Waals surface area (Å²) in [5.74, 6) is -0.139. The van der Waals surface area contributed by atoms with Gasteiger partial charge in [-0.05, 0) is 42.7 Å². The Hall–Kier alpha value is -1.16. The van der Waals surface area contributed by atoms with Crippen molar-refractivity contribution in [2.75, 3.05) is 31.1 Å². The molecule has 0 bridgehead atoms. The molecule has 2 nitrogen and oxygen atoms in total. The van der Waals surface area contributed by atoms with Gasteiger partial charge in [0.25, 0.3) is 0 Å². The minimum absolute atomic E-state index is 0.438. The minimum Gasteiger partial charge on any atom is -0.367 e. The molecule has 2 aliphatic rings. The molecule has 0 amide bonds. The van der Waals surface area contributed by atoms with Crippen LogP contribution in [0.2, 0.25) is 0 Å². The summed E-state index contributed by atoms with van der Waals surface area (Å²) in [5.41, 5.74) is 0.973. The van der Waals surface area contributed by atoms with Crippen molar-refractivity contribution in [2.45, 2.75) is 52.5 Å². The highest BCUT2D eigenvalue weighted by Crippen LogP contribution is 2.43. The van der Waals surface area contributed by atoms with E-state index in [4.69, 9.17) is 0 Å². The van der Waals surface area contributed by atoms with Crippen molar-refractivity contribution in [1.82, 2.24) is 4.90 Å². The molecule has 1 aliphatic heterocycles. The summed E-state index contributed by atoms with van der Waals surface area (Å²) in [6, 6.07) is 4.58. The molecule has 3 rings (SSSR count). The Morgan fingerprint density at radius 2 is 1.79 bits per heavy atom. The Kier molecular flexibility index (Phi) is 5.14. The quantitative estimate of drug-likeness (QED) is 0.787. The molecule has 1 saturated heterocycles. The Morgan fingerprint density at radius 3 is 2.42 bits per heavy atom. The Morgan fingerprint density at radius 1 is 1.08 bits per heavy atom. The summed E-state index contributed by atoms with van der Waals surface area (Å²) < 4.78 is 27.0. The van der Waals surface area contributed by atoms with Crippen molar-refractivity contribution in [3.8, 4) is 0 Å². The van der Waals surface area contributed by atoms with E-state index in [2.05, 4.69) is 25.7 Å². The van der Waals surface area contributed by atoms with E-state index in [1.54, 1.807) is 6.07 Å². The molecule has 0 radical (unpaired) electrons. The van der Waals surface area contributed by atoms with Crippen molar-refractivity contribution in [1.29, 1.82) is 0 Å². The normalized spacial score (nSPS) is 26.1. The lowest BCUT2D eigenvalue weighted by atomic mass is 9.76. The number of halogens is 2. The number of piperazine rings is 1. The number of anilines is 1. The molecule has 1 aromatic rings. The van der Waals surface area contributed by atoms with Gasteiger partial charge in [0.15, 0.2) is 0 Å². The molecular weight excluding hydrogens is 306 g/mol. The van der Waals surface area contributed by atoms with E-state index in [1.807, 2.05) is 4.90 Å². The van der Waals surface area contributed by atoms with Gasteiger partial charge in [0.05, 0.1) is 5.69 Å². The van der Waals surface area contributed by atoms with E-state index in [1.165, 1.54) is 31.7 Å². The van der Waals surface area contributed by atoms with Crippen molar-refractivity contribution >= 4 is 5.69 Å². The second kappa shape index (κ2) is 6.99. The maximum absolute atomic E-state index is 14.0. The van der Waals surface area contributed by atoms with Gasteiger partial charge in [-0.3, -0.25) is 4.90 Å². The summed E-state index contributed by atoms with van der Waals surface area (Å²) in [6.07, 6.45) is 5.16. The second-order valence-corrected chi connectivity index (χ2v) is 8.12. The fourth-order valence-electron chi connectivity index (χ4n) is 4.35. The smallest absolute Gasteiger partial charge is 0.149 e. The second-order valence-electron chi connectivity index (χ2n) is 8.12. The monoisotopic (exact) mass is 336 g/mol. The van der Waals surface area contributed by atoms with Crippen LogP contribution in [0.15, 0.2) is 18.2 Å². The van der Waals surface area contributed by atoms with Crippen LogP contribution < -0.4 is 4.90 Å². The molecule has 1 heterocycles. The van der Waals surface area contributed by atoms with Crippen LogP contribution in [-0.4, -0.2) is 37.1 Å². The van der Waals surface area contributed by atoms with Gasteiger partial charge in [0.1, 0.15) is 11.6 Å². The third kappa shape index (κ3) is 3.58. The third-order valence-corrected chi connectivity index (χ3v) is 6.50. The molecule has 134 valence electrons. The summed E-state index contributed by atoms with van der Waals surface area (Å²) in [5, 5.41) is 0. The zero-order valence-electron chi connectivity index (χ0n) is 15.2. The largest absolute Gasteiger partial charge is 0.367 e. The first-order chi connectivity index (χ1) is 11.4. The maximum Gasteiger partial charge on any atom is 0.149 e. The maximum atomic E-state index is 14.0. The van der Waals surface area contributed by atoms with Crippen molar-refractivity contribution in [2.24, 2.45) is 11.3 Å². The molecular formula is C20H30F2N2. The summed E-state index contributed by atoms with van der Waals surface area (Å²) >= 11 is 0. The first-order valence-corrected chi connectivity index (χ1v) is 9.35. The van der Waals surface area contributed by atoms with Crippen LogP contribution in [0, 0.1) is 23.0 Å². The molecule has 1 saturated carbocycles. The zero-order valence-corrected chi connectivity index (χ0v) is 15.2. The fraction of sp³-hybridized carbons (Fsp3) is 0.700. The minimum atomic E-state index is -0.509. The molecule has 1 aromatic carbocycles. The molecule has 2 atom stereocenters. The van der Waals surface area contributed by atoms with Gasteiger partial charge >= 0.3 is 0 Å². The molecule has 24 heavy (non-hydrogen) atoms. The predicted molar refractivity (Wildman–Crippen MR) is 95.3 cm³/mol. The molecule has 4 heteroatoms. The highest BCUT2D eigenvalue weighted by molar-refractivity contribution is 5.48. The number of nitrogens with zero attached hydrogens (tertiary/aromatic N) is 2. The van der Waals surface area contributed by atoms with E-state index in [0.717, 1.165) is 38.2 Å². The summed E-state index contributed by atoms with van der Waals surface area (Å²) in [6.45, 7) is 10.7. The van der Waals surface area contributed by atoms with Crippen molar-refractivity contribution in [3.63, 3.8) is 0 Å². The molecule has 0 spiro atoms. The van der Waals surface area contributed by atoms with Crippen LogP contribution in [0.25, 0.3) is 0 Å². The number of rotatable bonds is 4. The summed E-state index contributed by atoms with van der Waals surface area (Å²) in [4.78, 5) is 4.64. The zero-order chi connectivity index (χ0) is 17.3. The molecule has 2 unspecified atom stereocenters. The van der Waals surface area contributed by atoms with Crippen LogP contribution in [0.3, 0.4) is 0 Å². The molecule has 1 aliphatic carbocycles. The van der Waals surface area contributed by atoms with Gasteiger partial charge in [-0.15, -0.1) is 0 Å². The topological polar surface area (TPSA) is 6.48 Å². The summed E-state index contributed by atoms with van der Waals surface area (Å²) in [7, 11) is 0. The number of hydrogen-bond donors (Lipinski definition) is 0. The average molecular weight is 336 g/mol. The highest BCUT2D eigenvalue weighted by Gasteiger charge is 2.37. The Labute approximate surface area is 144 Å². The molecule has 2 fully saturated rings. The Bertz CT molecular complexity index is 565. The van der Waals surface area contributed by atoms with Gasteiger partial charge in [0.2, 0.25) is 0 Å². The Balaban J connectivity index is 1.56. The van der Waals surface area contributed by atoms with E-state index in [0.29, 0.717) is 17.1 Å². The van der Waals surface area contributed by atoms with Gasteiger partial charge in [-0.2, -0.15) is 0 Å². The third-order valence-electron chi connectivity index (χ3n) is 6.50. The van der Waals surface area contributed by atoms with Crippen LogP contribution >= 0.6 is 0 Å². The van der Waals surface area contributed by atoms with E-state index in [-0.39, 0.29) is 0 Å². The van der Waals surface area contributed by atoms with Crippen molar-refractivity contribution in [3.05, 3.63) is 29.8 Å². The average Bonchev–Trinajstić information content (AvgIpc) is 3.06. The van der Waals surface area contributed by atoms with E-state index < -0.39 is 11.6 Å². The van der Waals surface area contributed by atoms with Gasteiger partial charge in [-0.25, -0.2) is 8.78 Å². The van der Waals surface area contributed by atoms with Crippen molar-refractivity contribution < 1.29 is 8.78 Å².